The van der Waals surface area contributed by atoms with Gasteiger partial charge in [0.15, 0.2) is 0 Å². The standard InChI is InChI=1S/C23H28F3NO4/c1-16(2)22(21(29)31-15-17-6-4-3-5-7-17)11-8-19(14-22)27(20(28)23(24,25)26)18-9-12-30-13-10-18/h3-8,11,16,18-19H,9-10,12-15H2,1-2H3/t19?,22-/m0/s1. The number of ether oxygens (including phenoxy) is 2. The number of rotatable bonds is 6. The van der Waals surface area contributed by atoms with Gasteiger partial charge >= 0.3 is 18.1 Å². The number of esters is 1. The zero-order chi connectivity index (χ0) is 22.6. The SMILES string of the molecule is CC(C)[C@]1(C(=O)OCc2ccccc2)C=CC(N(C(=O)C(F)(F)F)C2CCOCC2)C1. The number of hydrogen-bond acceptors (Lipinski definition) is 4. The Bertz CT molecular complexity index is 803. The summed E-state index contributed by atoms with van der Waals surface area (Å²) in [5.41, 5.74) is -0.265. The summed E-state index contributed by atoms with van der Waals surface area (Å²) in [5, 5.41) is 0. The molecule has 0 saturated carbocycles. The van der Waals surface area contributed by atoms with E-state index < -0.39 is 35.6 Å². The van der Waals surface area contributed by atoms with Crippen molar-refractivity contribution in [3.8, 4) is 0 Å². The summed E-state index contributed by atoms with van der Waals surface area (Å²) in [6, 6.07) is 7.77. The van der Waals surface area contributed by atoms with Crippen molar-refractivity contribution < 1.29 is 32.2 Å². The third-order valence-electron chi connectivity index (χ3n) is 6.20. The van der Waals surface area contributed by atoms with Crippen LogP contribution in [-0.2, 0) is 25.7 Å². The lowest BCUT2D eigenvalue weighted by Gasteiger charge is -2.40. The number of halogens is 3. The van der Waals surface area contributed by atoms with Crippen LogP contribution < -0.4 is 0 Å². The van der Waals surface area contributed by atoms with Gasteiger partial charge in [-0.3, -0.25) is 9.59 Å². The first-order chi connectivity index (χ1) is 14.6. The van der Waals surface area contributed by atoms with E-state index in [2.05, 4.69) is 0 Å². The predicted molar refractivity (Wildman–Crippen MR) is 108 cm³/mol. The summed E-state index contributed by atoms with van der Waals surface area (Å²) in [4.78, 5) is 26.3. The first-order valence-electron chi connectivity index (χ1n) is 10.5. The average Bonchev–Trinajstić information content (AvgIpc) is 3.19. The van der Waals surface area contributed by atoms with Crippen molar-refractivity contribution in [2.24, 2.45) is 11.3 Å². The van der Waals surface area contributed by atoms with E-state index in [0.29, 0.717) is 26.1 Å². The molecular weight excluding hydrogens is 411 g/mol. The lowest BCUT2D eigenvalue weighted by molar-refractivity contribution is -0.192. The third-order valence-corrected chi connectivity index (χ3v) is 6.20. The van der Waals surface area contributed by atoms with Crippen molar-refractivity contribution in [3.63, 3.8) is 0 Å². The third kappa shape index (κ3) is 5.11. The van der Waals surface area contributed by atoms with Gasteiger partial charge in [-0.15, -0.1) is 0 Å². The van der Waals surface area contributed by atoms with Gasteiger partial charge in [0.1, 0.15) is 6.61 Å². The summed E-state index contributed by atoms with van der Waals surface area (Å²) in [7, 11) is 0. The van der Waals surface area contributed by atoms with Gasteiger partial charge < -0.3 is 14.4 Å². The molecule has 5 nitrogen and oxygen atoms in total. The number of amides is 1. The first-order valence-corrected chi connectivity index (χ1v) is 10.5. The van der Waals surface area contributed by atoms with E-state index in [4.69, 9.17) is 9.47 Å². The van der Waals surface area contributed by atoms with Crippen molar-refractivity contribution >= 4 is 11.9 Å². The molecule has 1 aliphatic carbocycles. The smallest absolute Gasteiger partial charge is 0.460 e. The van der Waals surface area contributed by atoms with Gasteiger partial charge in [0.2, 0.25) is 0 Å². The lowest BCUT2D eigenvalue weighted by atomic mass is 9.76. The highest BCUT2D eigenvalue weighted by atomic mass is 19.4. The molecule has 0 bridgehead atoms. The summed E-state index contributed by atoms with van der Waals surface area (Å²) < 4.78 is 51.0. The molecule has 31 heavy (non-hydrogen) atoms. The van der Waals surface area contributed by atoms with Crippen LogP contribution in [0.1, 0.15) is 38.7 Å². The van der Waals surface area contributed by atoms with Crippen LogP contribution in [0.25, 0.3) is 0 Å². The molecule has 1 fully saturated rings. The van der Waals surface area contributed by atoms with Gasteiger partial charge in [-0.25, -0.2) is 0 Å². The van der Waals surface area contributed by atoms with E-state index in [-0.39, 0.29) is 18.9 Å². The Balaban J connectivity index is 1.80. The van der Waals surface area contributed by atoms with E-state index in [9.17, 15) is 22.8 Å². The van der Waals surface area contributed by atoms with E-state index in [1.165, 1.54) is 0 Å². The second-order valence-corrected chi connectivity index (χ2v) is 8.44. The fraction of sp³-hybridized carbons (Fsp3) is 0.565. The molecule has 2 atom stereocenters. The monoisotopic (exact) mass is 439 g/mol. The Morgan fingerprint density at radius 3 is 2.42 bits per heavy atom. The van der Waals surface area contributed by atoms with E-state index in [0.717, 1.165) is 10.5 Å². The van der Waals surface area contributed by atoms with Gasteiger partial charge in [-0.05, 0) is 30.7 Å². The minimum Gasteiger partial charge on any atom is -0.460 e. The van der Waals surface area contributed by atoms with Crippen LogP contribution in [0.3, 0.4) is 0 Å². The number of hydrogen-bond donors (Lipinski definition) is 0. The maximum Gasteiger partial charge on any atom is 0.471 e. The highest BCUT2D eigenvalue weighted by molar-refractivity contribution is 5.84. The van der Waals surface area contributed by atoms with Gasteiger partial charge in [-0.1, -0.05) is 56.3 Å². The summed E-state index contributed by atoms with van der Waals surface area (Å²) >= 11 is 0. The maximum atomic E-state index is 13.4. The molecule has 170 valence electrons. The molecule has 0 N–H and O–H groups in total. The van der Waals surface area contributed by atoms with Crippen LogP contribution in [-0.4, -0.2) is 48.3 Å². The van der Waals surface area contributed by atoms with E-state index >= 15 is 0 Å². The van der Waals surface area contributed by atoms with Crippen LogP contribution in [0.5, 0.6) is 0 Å². The highest BCUT2D eigenvalue weighted by Gasteiger charge is 2.52. The largest absolute Gasteiger partial charge is 0.471 e. The van der Waals surface area contributed by atoms with E-state index in [1.54, 1.807) is 12.2 Å². The molecule has 1 aliphatic heterocycles. The second kappa shape index (κ2) is 9.42. The molecule has 0 radical (unpaired) electrons. The molecule has 0 aromatic heterocycles. The molecule has 1 aromatic carbocycles. The Labute approximate surface area is 180 Å². The van der Waals surface area contributed by atoms with Crippen molar-refractivity contribution in [3.05, 3.63) is 48.0 Å². The molecule has 1 heterocycles. The van der Waals surface area contributed by atoms with Crippen molar-refractivity contribution in [2.45, 2.75) is 58.0 Å². The minimum absolute atomic E-state index is 0.0669. The number of carbonyl (C=O) groups is 2. The molecule has 1 amide bonds. The van der Waals surface area contributed by atoms with Crippen LogP contribution >= 0.6 is 0 Å². The predicted octanol–water partition coefficient (Wildman–Crippen LogP) is 4.27. The minimum atomic E-state index is -4.98. The fourth-order valence-corrected chi connectivity index (χ4v) is 4.33. The van der Waals surface area contributed by atoms with Gasteiger partial charge in [0.25, 0.3) is 0 Å². The first kappa shape index (κ1) is 23.3. The Kier molecular flexibility index (Phi) is 7.09. The summed E-state index contributed by atoms with van der Waals surface area (Å²) in [6.07, 6.45) is -1.06. The molecule has 1 saturated heterocycles. The van der Waals surface area contributed by atoms with E-state index in [1.807, 2.05) is 44.2 Å². The number of alkyl halides is 3. The van der Waals surface area contributed by atoms with Gasteiger partial charge in [0, 0.05) is 19.3 Å². The molecular formula is C23H28F3NO4. The van der Waals surface area contributed by atoms with Crippen LogP contribution in [0, 0.1) is 11.3 Å². The maximum absolute atomic E-state index is 13.4. The van der Waals surface area contributed by atoms with Crippen LogP contribution in [0.15, 0.2) is 42.5 Å². The van der Waals surface area contributed by atoms with Crippen molar-refractivity contribution in [1.29, 1.82) is 0 Å². The average molecular weight is 439 g/mol. The number of benzene rings is 1. The zero-order valence-electron chi connectivity index (χ0n) is 17.7. The normalized spacial score (nSPS) is 24.4. The molecule has 0 spiro atoms. The van der Waals surface area contributed by atoms with Crippen molar-refractivity contribution in [2.75, 3.05) is 13.2 Å². The second-order valence-electron chi connectivity index (χ2n) is 8.44. The molecule has 1 unspecified atom stereocenters. The molecule has 1 aromatic rings. The number of nitrogens with zero attached hydrogens (tertiary/aromatic N) is 1. The van der Waals surface area contributed by atoms with Gasteiger partial charge in [0.05, 0.1) is 11.5 Å². The Hall–Kier alpha value is -2.35. The van der Waals surface area contributed by atoms with Crippen LogP contribution in [0.4, 0.5) is 13.2 Å². The van der Waals surface area contributed by atoms with Crippen LogP contribution in [0.2, 0.25) is 0 Å². The summed E-state index contributed by atoms with van der Waals surface area (Å²) in [5.74, 6) is -2.57. The highest BCUT2D eigenvalue weighted by Crippen LogP contribution is 2.44. The van der Waals surface area contributed by atoms with Crippen molar-refractivity contribution in [1.82, 2.24) is 4.90 Å². The zero-order valence-corrected chi connectivity index (χ0v) is 17.7. The molecule has 2 aliphatic rings. The lowest BCUT2D eigenvalue weighted by Crippen LogP contribution is -2.54. The molecule has 8 heteroatoms. The fourth-order valence-electron chi connectivity index (χ4n) is 4.33. The Morgan fingerprint density at radius 2 is 1.84 bits per heavy atom. The Morgan fingerprint density at radius 1 is 1.19 bits per heavy atom. The molecule has 3 rings (SSSR count). The number of carbonyl (C=O) groups excluding carboxylic acids is 2. The van der Waals surface area contributed by atoms with Gasteiger partial charge in [-0.2, -0.15) is 13.2 Å². The quantitative estimate of drug-likeness (QED) is 0.491. The summed E-state index contributed by atoms with van der Waals surface area (Å²) in [6.45, 7) is 4.36. The topological polar surface area (TPSA) is 55.8 Å².